The van der Waals surface area contributed by atoms with Gasteiger partial charge < -0.3 is 5.32 Å². The first-order chi connectivity index (χ1) is 9.91. The molecule has 0 heterocycles. The number of rotatable bonds is 3. The molecule has 21 heavy (non-hydrogen) atoms. The van der Waals surface area contributed by atoms with Crippen molar-refractivity contribution in [1.82, 2.24) is 0 Å². The summed E-state index contributed by atoms with van der Waals surface area (Å²) in [6.07, 6.45) is 0. The maximum absolute atomic E-state index is 12.5. The molecule has 0 aromatic heterocycles. The van der Waals surface area contributed by atoms with Gasteiger partial charge in [-0.3, -0.25) is 4.79 Å². The molecule has 4 heteroatoms. The van der Waals surface area contributed by atoms with Crippen LogP contribution in [0.25, 0.3) is 0 Å². The zero-order chi connectivity index (χ0) is 15.6. The third kappa shape index (κ3) is 3.39. The lowest BCUT2D eigenvalue weighted by atomic mass is 9.98. The van der Waals surface area contributed by atoms with Gasteiger partial charge in [-0.05, 0) is 36.1 Å². The number of halogens is 2. The second kappa shape index (κ2) is 6.50. The van der Waals surface area contributed by atoms with Crippen LogP contribution in [0.3, 0.4) is 0 Å². The number of carbonyl (C=O) groups excluding carboxylic acids is 1. The Labute approximate surface area is 135 Å². The van der Waals surface area contributed by atoms with Crippen LogP contribution >= 0.6 is 23.2 Å². The van der Waals surface area contributed by atoms with Gasteiger partial charge in [0.05, 0.1) is 15.6 Å². The van der Waals surface area contributed by atoms with E-state index in [4.69, 9.17) is 23.2 Å². The molecule has 0 aliphatic heterocycles. The molecule has 110 valence electrons. The Kier molecular flexibility index (Phi) is 4.92. The molecule has 0 bridgehead atoms. The van der Waals surface area contributed by atoms with E-state index in [1.807, 2.05) is 25.1 Å². The maximum atomic E-state index is 12.5. The van der Waals surface area contributed by atoms with Crippen LogP contribution in [-0.2, 0) is 0 Å². The monoisotopic (exact) mass is 321 g/mol. The van der Waals surface area contributed by atoms with Crippen LogP contribution in [0, 0.1) is 6.92 Å². The van der Waals surface area contributed by atoms with Gasteiger partial charge in [-0.1, -0.05) is 61.3 Å². The van der Waals surface area contributed by atoms with E-state index in [0.29, 0.717) is 16.5 Å². The highest BCUT2D eigenvalue weighted by atomic mass is 35.5. The molecule has 1 N–H and O–H groups in total. The lowest BCUT2D eigenvalue weighted by Gasteiger charge is -2.17. The molecule has 0 spiro atoms. The SMILES string of the molecule is Cc1cccc(C(C)C)c1NC(=O)c1cccc(Cl)c1Cl. The van der Waals surface area contributed by atoms with Crippen molar-refractivity contribution in [2.75, 3.05) is 5.32 Å². The molecule has 0 saturated carbocycles. The van der Waals surface area contributed by atoms with Crippen LogP contribution in [0.2, 0.25) is 10.0 Å². The number of carbonyl (C=O) groups is 1. The number of aryl methyl sites for hydroxylation is 1. The third-order valence-electron chi connectivity index (χ3n) is 3.36. The fourth-order valence-electron chi connectivity index (χ4n) is 2.20. The maximum Gasteiger partial charge on any atom is 0.257 e. The fourth-order valence-corrected chi connectivity index (χ4v) is 2.59. The van der Waals surface area contributed by atoms with E-state index >= 15 is 0 Å². The molecule has 2 rings (SSSR count). The highest BCUT2D eigenvalue weighted by Crippen LogP contribution is 2.30. The summed E-state index contributed by atoms with van der Waals surface area (Å²) >= 11 is 12.1. The van der Waals surface area contributed by atoms with Crippen LogP contribution in [0.5, 0.6) is 0 Å². The molecule has 0 radical (unpaired) electrons. The van der Waals surface area contributed by atoms with Gasteiger partial charge in [-0.25, -0.2) is 0 Å². The normalized spacial score (nSPS) is 10.8. The Morgan fingerprint density at radius 2 is 1.76 bits per heavy atom. The van der Waals surface area contributed by atoms with Gasteiger partial charge in [0, 0.05) is 5.69 Å². The molecule has 0 saturated heterocycles. The highest BCUT2D eigenvalue weighted by molar-refractivity contribution is 6.44. The van der Waals surface area contributed by atoms with Crippen LogP contribution < -0.4 is 5.32 Å². The summed E-state index contributed by atoms with van der Waals surface area (Å²) in [6, 6.07) is 11.0. The average molecular weight is 322 g/mol. The minimum atomic E-state index is -0.251. The third-order valence-corrected chi connectivity index (χ3v) is 4.18. The molecule has 0 fully saturated rings. The van der Waals surface area contributed by atoms with E-state index in [0.717, 1.165) is 16.8 Å². The van der Waals surface area contributed by atoms with Gasteiger partial charge in [0.1, 0.15) is 0 Å². The Bertz CT molecular complexity index is 680. The van der Waals surface area contributed by atoms with E-state index in [1.54, 1.807) is 18.2 Å². The first kappa shape index (κ1) is 15.9. The number of hydrogen-bond donors (Lipinski definition) is 1. The van der Waals surface area contributed by atoms with E-state index in [-0.39, 0.29) is 10.9 Å². The van der Waals surface area contributed by atoms with Crippen LogP contribution in [0.4, 0.5) is 5.69 Å². The van der Waals surface area contributed by atoms with Gasteiger partial charge in [0.25, 0.3) is 5.91 Å². The zero-order valence-corrected chi connectivity index (χ0v) is 13.7. The zero-order valence-electron chi connectivity index (χ0n) is 12.2. The summed E-state index contributed by atoms with van der Waals surface area (Å²) in [5, 5.41) is 3.61. The smallest absolute Gasteiger partial charge is 0.257 e. The van der Waals surface area contributed by atoms with Crippen molar-refractivity contribution in [3.63, 3.8) is 0 Å². The first-order valence-electron chi connectivity index (χ1n) is 6.76. The van der Waals surface area contributed by atoms with Crippen LogP contribution in [0.1, 0.15) is 41.3 Å². The van der Waals surface area contributed by atoms with E-state index in [1.165, 1.54) is 0 Å². The summed E-state index contributed by atoms with van der Waals surface area (Å²) in [7, 11) is 0. The molecule has 2 aromatic rings. The summed E-state index contributed by atoms with van der Waals surface area (Å²) < 4.78 is 0. The summed E-state index contributed by atoms with van der Waals surface area (Å²) in [5.41, 5.74) is 3.34. The second-order valence-electron chi connectivity index (χ2n) is 5.25. The Morgan fingerprint density at radius 1 is 1.10 bits per heavy atom. The van der Waals surface area contributed by atoms with Crippen molar-refractivity contribution in [3.8, 4) is 0 Å². The van der Waals surface area contributed by atoms with Gasteiger partial charge in [-0.2, -0.15) is 0 Å². The molecule has 0 unspecified atom stereocenters. The van der Waals surface area contributed by atoms with E-state index in [2.05, 4.69) is 19.2 Å². The average Bonchev–Trinajstić information content (AvgIpc) is 2.43. The molecular weight excluding hydrogens is 305 g/mol. The van der Waals surface area contributed by atoms with Gasteiger partial charge >= 0.3 is 0 Å². The molecule has 1 amide bonds. The largest absolute Gasteiger partial charge is 0.321 e. The fraction of sp³-hybridized carbons (Fsp3) is 0.235. The van der Waals surface area contributed by atoms with E-state index < -0.39 is 0 Å². The van der Waals surface area contributed by atoms with Crippen molar-refractivity contribution >= 4 is 34.8 Å². The number of hydrogen-bond acceptors (Lipinski definition) is 1. The number of amides is 1. The minimum absolute atomic E-state index is 0.251. The first-order valence-corrected chi connectivity index (χ1v) is 7.52. The standard InChI is InChI=1S/C17H17Cl2NO/c1-10(2)12-7-4-6-11(3)16(12)20-17(21)13-8-5-9-14(18)15(13)19/h4-10H,1-3H3,(H,20,21). The van der Waals surface area contributed by atoms with Crippen LogP contribution in [0.15, 0.2) is 36.4 Å². The molecule has 0 atom stereocenters. The Hall–Kier alpha value is -1.51. The topological polar surface area (TPSA) is 29.1 Å². The van der Waals surface area contributed by atoms with Gasteiger partial charge in [-0.15, -0.1) is 0 Å². The molecule has 2 nitrogen and oxygen atoms in total. The second-order valence-corrected chi connectivity index (χ2v) is 6.03. The lowest BCUT2D eigenvalue weighted by Crippen LogP contribution is -2.15. The lowest BCUT2D eigenvalue weighted by molar-refractivity contribution is 0.102. The molecule has 0 aliphatic rings. The van der Waals surface area contributed by atoms with E-state index in [9.17, 15) is 4.79 Å². The van der Waals surface area contributed by atoms with Crippen molar-refractivity contribution in [2.45, 2.75) is 26.7 Å². The van der Waals surface area contributed by atoms with Crippen molar-refractivity contribution in [3.05, 3.63) is 63.1 Å². The van der Waals surface area contributed by atoms with Gasteiger partial charge in [0.2, 0.25) is 0 Å². The van der Waals surface area contributed by atoms with Crippen molar-refractivity contribution < 1.29 is 4.79 Å². The number of benzene rings is 2. The van der Waals surface area contributed by atoms with Crippen molar-refractivity contribution in [2.24, 2.45) is 0 Å². The quantitative estimate of drug-likeness (QED) is 0.774. The molecule has 0 aliphatic carbocycles. The molecule has 2 aromatic carbocycles. The Balaban J connectivity index is 2.39. The summed E-state index contributed by atoms with van der Waals surface area (Å²) in [6.45, 7) is 6.16. The molecular formula is C17H17Cl2NO. The number of anilines is 1. The van der Waals surface area contributed by atoms with Gasteiger partial charge in [0.15, 0.2) is 0 Å². The van der Waals surface area contributed by atoms with Crippen LogP contribution in [-0.4, -0.2) is 5.91 Å². The Morgan fingerprint density at radius 3 is 2.43 bits per heavy atom. The van der Waals surface area contributed by atoms with Crippen molar-refractivity contribution in [1.29, 1.82) is 0 Å². The summed E-state index contributed by atoms with van der Waals surface area (Å²) in [5.74, 6) is 0.0636. The minimum Gasteiger partial charge on any atom is -0.321 e. The predicted molar refractivity (Wildman–Crippen MR) is 89.7 cm³/mol. The highest BCUT2D eigenvalue weighted by Gasteiger charge is 2.16. The predicted octanol–water partition coefficient (Wildman–Crippen LogP) is 5.68. The summed E-state index contributed by atoms with van der Waals surface area (Å²) in [4.78, 5) is 12.5. The number of nitrogens with one attached hydrogen (secondary N) is 1. The number of para-hydroxylation sites is 1.